The highest BCUT2D eigenvalue weighted by Gasteiger charge is 2.18. The molecule has 40 heavy (non-hydrogen) atoms. The highest BCUT2D eigenvalue weighted by Crippen LogP contribution is 2.29. The maximum Gasteiger partial charge on any atom is 0.251 e. The van der Waals surface area contributed by atoms with Gasteiger partial charge in [0.05, 0.1) is 59.0 Å². The Bertz CT molecular complexity index is 1640. The van der Waals surface area contributed by atoms with E-state index in [9.17, 15) is 4.79 Å². The van der Waals surface area contributed by atoms with E-state index in [0.717, 1.165) is 34.8 Å². The van der Waals surface area contributed by atoms with Crippen molar-refractivity contribution in [1.82, 2.24) is 39.6 Å². The first kappa shape index (κ1) is 27.2. The molecule has 5 heterocycles. The van der Waals surface area contributed by atoms with Crippen LogP contribution in [0, 0.1) is 11.3 Å². The SMILES string of the molecule is CCN(CC)C(C)CNC(=O)c1cc(-c2cnn(CCC#N)c2)nc(-c2cnn3ccc(-c4cccs4)nc23)c1. The number of carbonyl (C=O) groups excluding carboxylic acids is 1. The molecule has 1 amide bonds. The standard InChI is InChI=1S/C29H31N9OS/c1-4-36(5-2)20(3)16-31-29(39)21-14-25(22-17-32-37(19-22)11-7-10-30)34-26(15-21)23-18-33-38-12-9-24(35-28(23)38)27-8-6-13-40-27/h6,8-9,12-15,17-20H,4-5,7,11,16H2,1-3H3,(H,31,39). The summed E-state index contributed by atoms with van der Waals surface area (Å²) in [6.07, 6.45) is 7.51. The van der Waals surface area contributed by atoms with E-state index >= 15 is 0 Å². The minimum atomic E-state index is -0.176. The van der Waals surface area contributed by atoms with Gasteiger partial charge in [0.25, 0.3) is 5.91 Å². The minimum Gasteiger partial charge on any atom is -0.350 e. The molecule has 1 unspecified atom stereocenters. The van der Waals surface area contributed by atoms with Gasteiger partial charge in [-0.3, -0.25) is 14.4 Å². The zero-order valence-electron chi connectivity index (χ0n) is 22.8. The number of likely N-dealkylation sites (N-methyl/N-ethyl adjacent to an activating group) is 1. The molecule has 11 heteroatoms. The number of pyridine rings is 1. The summed E-state index contributed by atoms with van der Waals surface area (Å²) in [7, 11) is 0. The molecule has 5 aromatic rings. The van der Waals surface area contributed by atoms with Crippen LogP contribution in [0.3, 0.4) is 0 Å². The molecule has 1 N–H and O–H groups in total. The van der Waals surface area contributed by atoms with Gasteiger partial charge < -0.3 is 5.32 Å². The molecular weight excluding hydrogens is 522 g/mol. The monoisotopic (exact) mass is 553 g/mol. The van der Waals surface area contributed by atoms with Crippen LogP contribution in [0.4, 0.5) is 0 Å². The highest BCUT2D eigenvalue weighted by atomic mass is 32.1. The second-order valence-corrected chi connectivity index (χ2v) is 10.4. The Morgan fingerprint density at radius 2 is 1.95 bits per heavy atom. The zero-order valence-corrected chi connectivity index (χ0v) is 23.6. The van der Waals surface area contributed by atoms with E-state index in [1.54, 1.807) is 45.1 Å². The quantitative estimate of drug-likeness (QED) is 0.251. The summed E-state index contributed by atoms with van der Waals surface area (Å²) in [5, 5.41) is 22.9. The van der Waals surface area contributed by atoms with Gasteiger partial charge in [-0.2, -0.15) is 15.5 Å². The lowest BCUT2D eigenvalue weighted by molar-refractivity contribution is 0.0938. The predicted molar refractivity (Wildman–Crippen MR) is 156 cm³/mol. The normalized spacial score (nSPS) is 12.1. The lowest BCUT2D eigenvalue weighted by atomic mass is 10.1. The van der Waals surface area contributed by atoms with Crippen LogP contribution in [0.25, 0.3) is 38.7 Å². The van der Waals surface area contributed by atoms with Crippen molar-refractivity contribution < 1.29 is 4.79 Å². The van der Waals surface area contributed by atoms with Gasteiger partial charge in [-0.1, -0.05) is 19.9 Å². The lowest BCUT2D eigenvalue weighted by Gasteiger charge is -2.26. The predicted octanol–water partition coefficient (Wildman–Crippen LogP) is 4.76. The van der Waals surface area contributed by atoms with E-state index in [2.05, 4.69) is 47.3 Å². The van der Waals surface area contributed by atoms with Crippen molar-refractivity contribution in [3.8, 4) is 39.2 Å². The third-order valence-electron chi connectivity index (χ3n) is 6.88. The minimum absolute atomic E-state index is 0.176. The molecule has 0 aliphatic heterocycles. The van der Waals surface area contributed by atoms with Crippen molar-refractivity contribution in [3.63, 3.8) is 0 Å². The van der Waals surface area contributed by atoms with Gasteiger partial charge in [-0.15, -0.1) is 11.3 Å². The second kappa shape index (κ2) is 12.2. The van der Waals surface area contributed by atoms with Gasteiger partial charge in [-0.05, 0) is 49.7 Å². The van der Waals surface area contributed by atoms with E-state index in [1.807, 2.05) is 36.0 Å². The molecule has 204 valence electrons. The number of amides is 1. The first-order chi connectivity index (χ1) is 19.5. The topological polar surface area (TPSA) is 117 Å². The molecule has 0 aliphatic rings. The van der Waals surface area contributed by atoms with Crippen LogP contribution in [0.15, 0.2) is 60.5 Å². The Morgan fingerprint density at radius 1 is 1.12 bits per heavy atom. The van der Waals surface area contributed by atoms with Gasteiger partial charge in [0, 0.05) is 36.1 Å². The van der Waals surface area contributed by atoms with E-state index in [1.165, 1.54) is 0 Å². The molecule has 0 spiro atoms. The Labute approximate surface area is 236 Å². The largest absolute Gasteiger partial charge is 0.350 e. The highest BCUT2D eigenvalue weighted by molar-refractivity contribution is 7.13. The average molecular weight is 554 g/mol. The summed E-state index contributed by atoms with van der Waals surface area (Å²) in [4.78, 5) is 26.6. The van der Waals surface area contributed by atoms with Gasteiger partial charge in [0.2, 0.25) is 0 Å². The number of thiophene rings is 1. The van der Waals surface area contributed by atoms with Crippen LogP contribution >= 0.6 is 11.3 Å². The number of hydrogen-bond donors (Lipinski definition) is 1. The fourth-order valence-electron chi connectivity index (χ4n) is 4.66. The molecule has 0 saturated heterocycles. The van der Waals surface area contributed by atoms with E-state index < -0.39 is 0 Å². The van der Waals surface area contributed by atoms with Crippen molar-refractivity contribution in [2.75, 3.05) is 19.6 Å². The zero-order chi connectivity index (χ0) is 28.1. The van der Waals surface area contributed by atoms with Crippen LogP contribution in [-0.4, -0.2) is 65.8 Å². The summed E-state index contributed by atoms with van der Waals surface area (Å²) >= 11 is 1.62. The molecule has 5 aromatic heterocycles. The molecule has 5 rings (SSSR count). The van der Waals surface area contributed by atoms with Crippen LogP contribution in [0.1, 0.15) is 37.6 Å². The van der Waals surface area contributed by atoms with Gasteiger partial charge in [0.1, 0.15) is 0 Å². The third kappa shape index (κ3) is 5.78. The Kier molecular flexibility index (Phi) is 8.28. The summed E-state index contributed by atoms with van der Waals surface area (Å²) in [6, 6.07) is 11.9. The van der Waals surface area contributed by atoms with E-state index in [4.69, 9.17) is 15.2 Å². The van der Waals surface area contributed by atoms with Crippen molar-refractivity contribution in [3.05, 3.63) is 66.1 Å². The van der Waals surface area contributed by atoms with Crippen LogP contribution < -0.4 is 5.32 Å². The van der Waals surface area contributed by atoms with E-state index in [-0.39, 0.29) is 11.9 Å². The van der Waals surface area contributed by atoms with Gasteiger partial charge in [-0.25, -0.2) is 14.5 Å². The molecular formula is C29H31N9OS. The summed E-state index contributed by atoms with van der Waals surface area (Å²) in [5.74, 6) is -0.176. The number of hydrogen-bond acceptors (Lipinski definition) is 8. The lowest BCUT2D eigenvalue weighted by Crippen LogP contribution is -2.42. The molecule has 10 nitrogen and oxygen atoms in total. The van der Waals surface area contributed by atoms with Crippen molar-refractivity contribution in [1.29, 1.82) is 5.26 Å². The average Bonchev–Trinajstić information content (AvgIpc) is 3.76. The first-order valence-corrected chi connectivity index (χ1v) is 14.2. The molecule has 0 radical (unpaired) electrons. The number of nitrogens with one attached hydrogen (secondary N) is 1. The Balaban J connectivity index is 1.54. The smallest absolute Gasteiger partial charge is 0.251 e. The molecule has 0 bridgehead atoms. The molecule has 1 atom stereocenters. The van der Waals surface area contributed by atoms with Gasteiger partial charge >= 0.3 is 0 Å². The van der Waals surface area contributed by atoms with Crippen LogP contribution in [0.5, 0.6) is 0 Å². The maximum atomic E-state index is 13.4. The number of aromatic nitrogens is 6. The van der Waals surface area contributed by atoms with Crippen molar-refractivity contribution >= 4 is 22.9 Å². The number of carbonyl (C=O) groups is 1. The molecule has 0 fully saturated rings. The number of rotatable bonds is 11. The van der Waals surface area contributed by atoms with Gasteiger partial charge in [0.15, 0.2) is 5.65 Å². The molecule has 0 aliphatic carbocycles. The third-order valence-corrected chi connectivity index (χ3v) is 7.77. The summed E-state index contributed by atoms with van der Waals surface area (Å²) < 4.78 is 3.43. The number of nitrogens with zero attached hydrogens (tertiary/aromatic N) is 8. The van der Waals surface area contributed by atoms with Crippen molar-refractivity contribution in [2.45, 2.75) is 39.8 Å². The summed E-state index contributed by atoms with van der Waals surface area (Å²) in [6.45, 7) is 9.20. The van der Waals surface area contributed by atoms with Crippen LogP contribution in [-0.2, 0) is 6.54 Å². The number of fused-ring (bicyclic) bond motifs is 1. The maximum absolute atomic E-state index is 13.4. The summed E-state index contributed by atoms with van der Waals surface area (Å²) in [5.41, 5.74) is 4.68. The number of aryl methyl sites for hydroxylation is 1. The fraction of sp³-hybridized carbons (Fsp3) is 0.310. The second-order valence-electron chi connectivity index (χ2n) is 9.42. The number of nitriles is 1. The molecule has 0 saturated carbocycles. The van der Waals surface area contributed by atoms with Crippen molar-refractivity contribution in [2.24, 2.45) is 0 Å². The first-order valence-electron chi connectivity index (χ1n) is 13.3. The fourth-order valence-corrected chi connectivity index (χ4v) is 5.36. The Hall–Kier alpha value is -4.40. The Morgan fingerprint density at radius 3 is 2.70 bits per heavy atom. The van der Waals surface area contributed by atoms with Crippen LogP contribution in [0.2, 0.25) is 0 Å². The molecule has 0 aromatic carbocycles. The van der Waals surface area contributed by atoms with E-state index in [0.29, 0.717) is 42.1 Å².